The van der Waals surface area contributed by atoms with E-state index in [9.17, 15) is 22.0 Å². The number of sulfonamides is 1. The van der Waals surface area contributed by atoms with Gasteiger partial charge in [0.25, 0.3) is 15.9 Å². The van der Waals surface area contributed by atoms with Crippen molar-refractivity contribution in [3.63, 3.8) is 0 Å². The monoisotopic (exact) mass is 394 g/mol. The first kappa shape index (κ1) is 19.3. The highest BCUT2D eigenvalue weighted by Gasteiger charge is 2.24. The molecule has 1 aliphatic rings. The number of nitrogens with zero attached hydrogens (tertiary/aromatic N) is 1. The molecule has 8 heteroatoms. The van der Waals surface area contributed by atoms with E-state index in [1.54, 1.807) is 11.8 Å². The summed E-state index contributed by atoms with van der Waals surface area (Å²) in [5.74, 6) is -2.27. The minimum absolute atomic E-state index is 0.226. The molecule has 2 aromatic carbocycles. The van der Waals surface area contributed by atoms with E-state index in [0.29, 0.717) is 18.7 Å². The van der Waals surface area contributed by atoms with Crippen molar-refractivity contribution < 1.29 is 22.0 Å². The number of likely N-dealkylation sites (tertiary alicyclic amines) is 1. The smallest absolute Gasteiger partial charge is 0.262 e. The molecule has 3 rings (SSSR count). The Balaban J connectivity index is 1.93. The summed E-state index contributed by atoms with van der Waals surface area (Å²) >= 11 is 0. The minimum atomic E-state index is -4.26. The Bertz CT molecular complexity index is 951. The van der Waals surface area contributed by atoms with Crippen LogP contribution in [0.4, 0.5) is 14.5 Å². The van der Waals surface area contributed by atoms with Crippen LogP contribution in [0.1, 0.15) is 35.2 Å². The molecule has 1 saturated heterocycles. The molecule has 1 fully saturated rings. The lowest BCUT2D eigenvalue weighted by Crippen LogP contribution is -2.36. The molecule has 1 aliphatic heterocycles. The van der Waals surface area contributed by atoms with Crippen molar-refractivity contribution >= 4 is 21.6 Å². The van der Waals surface area contributed by atoms with Gasteiger partial charge in [-0.05, 0) is 56.0 Å². The van der Waals surface area contributed by atoms with Gasteiger partial charge in [-0.25, -0.2) is 17.2 Å². The molecule has 0 radical (unpaired) electrons. The number of nitrogens with one attached hydrogen (secondary N) is 1. The van der Waals surface area contributed by atoms with Crippen molar-refractivity contribution in [1.29, 1.82) is 0 Å². The predicted octanol–water partition coefficient (Wildman–Crippen LogP) is 3.70. The molecule has 0 spiro atoms. The van der Waals surface area contributed by atoms with Crippen LogP contribution in [0.3, 0.4) is 0 Å². The highest BCUT2D eigenvalue weighted by Crippen LogP contribution is 2.24. The summed E-state index contributed by atoms with van der Waals surface area (Å²) in [6.45, 7) is 2.99. The molecular formula is C19H20F2N2O3S. The molecule has 0 aromatic heterocycles. The zero-order valence-electron chi connectivity index (χ0n) is 14.8. The van der Waals surface area contributed by atoms with Gasteiger partial charge >= 0.3 is 0 Å². The summed E-state index contributed by atoms with van der Waals surface area (Å²) in [6, 6.07) is 7.15. The summed E-state index contributed by atoms with van der Waals surface area (Å²) in [7, 11) is -4.26. The van der Waals surface area contributed by atoms with Gasteiger partial charge in [-0.15, -0.1) is 0 Å². The SMILES string of the molecule is Cc1ccc(S(=O)(=O)Nc2c(F)cccc2F)cc1C(=O)N1CCCCC1. The van der Waals surface area contributed by atoms with Crippen LogP contribution in [0.2, 0.25) is 0 Å². The first-order valence-electron chi connectivity index (χ1n) is 8.66. The second-order valence-electron chi connectivity index (χ2n) is 6.53. The molecule has 0 aliphatic carbocycles. The molecule has 0 saturated carbocycles. The van der Waals surface area contributed by atoms with Gasteiger partial charge in [-0.1, -0.05) is 12.1 Å². The molecule has 1 N–H and O–H groups in total. The fourth-order valence-electron chi connectivity index (χ4n) is 3.05. The third-order valence-electron chi connectivity index (χ3n) is 4.59. The zero-order chi connectivity index (χ0) is 19.6. The number of anilines is 1. The van der Waals surface area contributed by atoms with Crippen LogP contribution in [0, 0.1) is 18.6 Å². The Hall–Kier alpha value is -2.48. The Kier molecular flexibility index (Phi) is 5.46. The Labute approximate surface area is 157 Å². The van der Waals surface area contributed by atoms with Gasteiger partial charge in [0, 0.05) is 18.7 Å². The number of benzene rings is 2. The second-order valence-corrected chi connectivity index (χ2v) is 8.21. The minimum Gasteiger partial charge on any atom is -0.339 e. The molecule has 0 bridgehead atoms. The molecule has 144 valence electrons. The van der Waals surface area contributed by atoms with Crippen LogP contribution in [-0.2, 0) is 10.0 Å². The van der Waals surface area contributed by atoms with E-state index in [1.807, 2.05) is 4.72 Å². The summed E-state index contributed by atoms with van der Waals surface area (Å²) < 4.78 is 54.7. The van der Waals surface area contributed by atoms with E-state index in [1.165, 1.54) is 18.2 Å². The van der Waals surface area contributed by atoms with Gasteiger partial charge in [0.05, 0.1) is 4.90 Å². The third-order valence-corrected chi connectivity index (χ3v) is 5.94. The number of hydrogen-bond donors (Lipinski definition) is 1. The number of para-hydroxylation sites is 1. The molecule has 1 heterocycles. The van der Waals surface area contributed by atoms with Crippen LogP contribution in [0.15, 0.2) is 41.3 Å². The van der Waals surface area contributed by atoms with Gasteiger partial charge < -0.3 is 4.90 Å². The first-order chi connectivity index (χ1) is 12.8. The first-order valence-corrected chi connectivity index (χ1v) is 10.1. The maximum atomic E-state index is 13.8. The third kappa shape index (κ3) is 4.10. The van der Waals surface area contributed by atoms with Gasteiger partial charge in [0.1, 0.15) is 17.3 Å². The summed E-state index contributed by atoms with van der Waals surface area (Å²) in [5, 5.41) is 0. The lowest BCUT2D eigenvalue weighted by Gasteiger charge is -2.27. The van der Waals surface area contributed by atoms with Crippen LogP contribution >= 0.6 is 0 Å². The fraction of sp³-hybridized carbons (Fsp3) is 0.316. The number of aryl methyl sites for hydroxylation is 1. The molecular weight excluding hydrogens is 374 g/mol. The molecule has 1 amide bonds. The van der Waals surface area contributed by atoms with Gasteiger partial charge in [-0.3, -0.25) is 9.52 Å². The molecule has 27 heavy (non-hydrogen) atoms. The molecule has 2 aromatic rings. The van der Waals surface area contributed by atoms with E-state index in [2.05, 4.69) is 0 Å². The fourth-order valence-corrected chi connectivity index (χ4v) is 4.16. The van der Waals surface area contributed by atoms with Crippen molar-refractivity contribution in [3.05, 3.63) is 59.2 Å². The summed E-state index contributed by atoms with van der Waals surface area (Å²) in [4.78, 5) is 14.2. The van der Waals surface area contributed by atoms with Crippen LogP contribution < -0.4 is 4.72 Å². The van der Waals surface area contributed by atoms with Crippen LogP contribution in [0.5, 0.6) is 0 Å². The van der Waals surface area contributed by atoms with Gasteiger partial charge in [0.15, 0.2) is 0 Å². The number of carbonyl (C=O) groups excluding carboxylic acids is 1. The van der Waals surface area contributed by atoms with Crippen molar-refractivity contribution in [3.8, 4) is 0 Å². The van der Waals surface area contributed by atoms with Gasteiger partial charge in [0.2, 0.25) is 0 Å². The highest BCUT2D eigenvalue weighted by atomic mass is 32.2. The van der Waals surface area contributed by atoms with E-state index in [0.717, 1.165) is 37.5 Å². The quantitative estimate of drug-likeness (QED) is 0.860. The van der Waals surface area contributed by atoms with Gasteiger partial charge in [-0.2, -0.15) is 0 Å². The summed E-state index contributed by atoms with van der Waals surface area (Å²) in [5.41, 5.74) is 0.164. The number of rotatable bonds is 4. The van der Waals surface area contributed by atoms with Crippen molar-refractivity contribution in [2.45, 2.75) is 31.1 Å². The van der Waals surface area contributed by atoms with E-state index in [-0.39, 0.29) is 16.4 Å². The standard InChI is InChI=1S/C19H20F2N2O3S/c1-13-8-9-14(12-15(13)19(24)23-10-3-2-4-11-23)27(25,26)22-18-16(20)6-5-7-17(18)21/h5-9,12,22H,2-4,10-11H2,1H3. The number of piperidine rings is 1. The van der Waals surface area contributed by atoms with E-state index in [4.69, 9.17) is 0 Å². The van der Waals surface area contributed by atoms with Crippen molar-refractivity contribution in [2.24, 2.45) is 0 Å². The Morgan fingerprint density at radius 3 is 2.30 bits per heavy atom. The number of amides is 1. The van der Waals surface area contributed by atoms with E-state index < -0.39 is 27.3 Å². The average Bonchev–Trinajstić information content (AvgIpc) is 2.65. The highest BCUT2D eigenvalue weighted by molar-refractivity contribution is 7.92. The lowest BCUT2D eigenvalue weighted by atomic mass is 10.1. The normalized spacial score (nSPS) is 14.9. The topological polar surface area (TPSA) is 66.5 Å². The molecule has 0 atom stereocenters. The number of carbonyl (C=O) groups is 1. The van der Waals surface area contributed by atoms with E-state index >= 15 is 0 Å². The van der Waals surface area contributed by atoms with Crippen molar-refractivity contribution in [1.82, 2.24) is 4.90 Å². The van der Waals surface area contributed by atoms with Crippen LogP contribution in [0.25, 0.3) is 0 Å². The van der Waals surface area contributed by atoms with Crippen molar-refractivity contribution in [2.75, 3.05) is 17.8 Å². The number of halogens is 2. The Morgan fingerprint density at radius 1 is 1.04 bits per heavy atom. The largest absolute Gasteiger partial charge is 0.339 e. The number of hydrogen-bond acceptors (Lipinski definition) is 3. The predicted molar refractivity (Wildman–Crippen MR) is 98.1 cm³/mol. The lowest BCUT2D eigenvalue weighted by molar-refractivity contribution is 0.0723. The zero-order valence-corrected chi connectivity index (χ0v) is 15.7. The Morgan fingerprint density at radius 2 is 1.67 bits per heavy atom. The molecule has 0 unspecified atom stereocenters. The van der Waals surface area contributed by atoms with Crippen LogP contribution in [-0.4, -0.2) is 32.3 Å². The maximum absolute atomic E-state index is 13.8. The maximum Gasteiger partial charge on any atom is 0.262 e. The molecule has 5 nitrogen and oxygen atoms in total. The summed E-state index contributed by atoms with van der Waals surface area (Å²) in [6.07, 6.45) is 2.89. The average molecular weight is 394 g/mol. The second kappa shape index (κ2) is 7.64.